The number of carbonyl (C=O) groups excluding carboxylic acids is 3. The molecule has 2 rings (SSSR count). The van der Waals surface area contributed by atoms with E-state index in [1.165, 1.54) is 4.90 Å². The smallest absolute Gasteiger partial charge is 0.254 e. The van der Waals surface area contributed by atoms with Crippen molar-refractivity contribution in [2.24, 2.45) is 0 Å². The molecule has 5 nitrogen and oxygen atoms in total. The van der Waals surface area contributed by atoms with Crippen LogP contribution in [0.2, 0.25) is 5.02 Å². The topological polar surface area (TPSA) is 66.5 Å². The van der Waals surface area contributed by atoms with Gasteiger partial charge in [0.15, 0.2) is 0 Å². The van der Waals surface area contributed by atoms with Crippen molar-refractivity contribution in [3.63, 3.8) is 0 Å². The number of hydrogen-bond acceptors (Lipinski definition) is 3. The second-order valence-electron chi connectivity index (χ2n) is 4.10. The van der Waals surface area contributed by atoms with E-state index in [-0.39, 0.29) is 19.0 Å². The molecule has 3 amide bonds. The summed E-state index contributed by atoms with van der Waals surface area (Å²) in [5.41, 5.74) is 1.19. The number of piperazine rings is 1. The van der Waals surface area contributed by atoms with Crippen LogP contribution in [0.15, 0.2) is 18.2 Å². The first-order valence-electron chi connectivity index (χ1n) is 5.35. The fourth-order valence-electron chi connectivity index (χ4n) is 1.74. The van der Waals surface area contributed by atoms with Crippen molar-refractivity contribution < 1.29 is 14.4 Å². The second-order valence-corrected chi connectivity index (χ2v) is 4.50. The third-order valence-corrected chi connectivity index (χ3v) is 3.06. The molecule has 94 valence electrons. The Hall–Kier alpha value is -1.88. The summed E-state index contributed by atoms with van der Waals surface area (Å²) in [5.74, 6) is -1.28. The summed E-state index contributed by atoms with van der Waals surface area (Å²) in [6, 6.07) is 4.84. The second kappa shape index (κ2) is 4.78. The Morgan fingerprint density at radius 3 is 2.44 bits per heavy atom. The molecule has 0 spiro atoms. The molecule has 0 saturated carbocycles. The SMILES string of the molecule is Cc1cc(C(=O)N2CC(=O)NC(=O)C2)ccc1Cl. The Labute approximate surface area is 109 Å². The number of aryl methyl sites for hydroxylation is 1. The van der Waals surface area contributed by atoms with Gasteiger partial charge in [0.2, 0.25) is 11.8 Å². The number of hydrogen-bond donors (Lipinski definition) is 1. The zero-order chi connectivity index (χ0) is 13.3. The molecule has 0 unspecified atom stereocenters. The molecular formula is C12H11ClN2O3. The Morgan fingerprint density at radius 2 is 1.89 bits per heavy atom. The van der Waals surface area contributed by atoms with Gasteiger partial charge in [-0.3, -0.25) is 19.7 Å². The van der Waals surface area contributed by atoms with Crippen LogP contribution in [0.1, 0.15) is 15.9 Å². The highest BCUT2D eigenvalue weighted by Gasteiger charge is 2.27. The van der Waals surface area contributed by atoms with Crippen LogP contribution >= 0.6 is 11.6 Å². The zero-order valence-electron chi connectivity index (χ0n) is 9.70. The summed E-state index contributed by atoms with van der Waals surface area (Å²) in [6.07, 6.45) is 0. The fraction of sp³-hybridized carbons (Fsp3) is 0.250. The lowest BCUT2D eigenvalue weighted by atomic mass is 10.1. The van der Waals surface area contributed by atoms with E-state index in [4.69, 9.17) is 11.6 Å². The van der Waals surface area contributed by atoms with E-state index in [1.54, 1.807) is 25.1 Å². The number of benzene rings is 1. The van der Waals surface area contributed by atoms with Crippen LogP contribution < -0.4 is 5.32 Å². The average Bonchev–Trinajstić information content (AvgIpc) is 2.30. The van der Waals surface area contributed by atoms with Gasteiger partial charge in [0.1, 0.15) is 13.1 Å². The molecular weight excluding hydrogens is 256 g/mol. The number of carbonyl (C=O) groups is 3. The lowest BCUT2D eigenvalue weighted by molar-refractivity contribution is -0.135. The minimum Gasteiger partial charge on any atom is -0.320 e. The zero-order valence-corrected chi connectivity index (χ0v) is 10.5. The van der Waals surface area contributed by atoms with Crippen LogP contribution in [0.4, 0.5) is 0 Å². The third-order valence-electron chi connectivity index (χ3n) is 2.64. The molecule has 1 aromatic rings. The maximum Gasteiger partial charge on any atom is 0.254 e. The summed E-state index contributed by atoms with van der Waals surface area (Å²) < 4.78 is 0. The molecule has 0 radical (unpaired) electrons. The molecule has 1 aliphatic heterocycles. The number of halogens is 1. The molecule has 0 bridgehead atoms. The molecule has 1 N–H and O–H groups in total. The van der Waals surface area contributed by atoms with Crippen LogP contribution in [0.3, 0.4) is 0 Å². The van der Waals surface area contributed by atoms with Gasteiger partial charge < -0.3 is 4.90 Å². The van der Waals surface area contributed by atoms with Crippen molar-refractivity contribution in [3.05, 3.63) is 34.3 Å². The highest BCUT2D eigenvalue weighted by atomic mass is 35.5. The summed E-state index contributed by atoms with van der Waals surface area (Å²) >= 11 is 5.87. The van der Waals surface area contributed by atoms with Gasteiger partial charge in [0.25, 0.3) is 5.91 Å². The van der Waals surface area contributed by atoms with E-state index in [9.17, 15) is 14.4 Å². The average molecular weight is 267 g/mol. The molecule has 1 aromatic carbocycles. The van der Waals surface area contributed by atoms with E-state index in [0.717, 1.165) is 5.56 Å². The molecule has 0 atom stereocenters. The highest BCUT2D eigenvalue weighted by Crippen LogP contribution is 2.17. The van der Waals surface area contributed by atoms with Gasteiger partial charge in [-0.2, -0.15) is 0 Å². The van der Waals surface area contributed by atoms with Crippen LogP contribution in [0, 0.1) is 6.92 Å². The molecule has 1 saturated heterocycles. The van der Waals surface area contributed by atoms with Crippen molar-refractivity contribution >= 4 is 29.3 Å². The van der Waals surface area contributed by atoms with Gasteiger partial charge in [-0.15, -0.1) is 0 Å². The Balaban J connectivity index is 2.22. The lowest BCUT2D eigenvalue weighted by Gasteiger charge is -2.25. The number of amides is 3. The van der Waals surface area contributed by atoms with Gasteiger partial charge >= 0.3 is 0 Å². The monoisotopic (exact) mass is 266 g/mol. The Kier molecular flexibility index (Phi) is 3.34. The van der Waals surface area contributed by atoms with Crippen LogP contribution in [0.25, 0.3) is 0 Å². The molecule has 0 aliphatic carbocycles. The summed E-state index contributed by atoms with van der Waals surface area (Å²) in [7, 11) is 0. The maximum atomic E-state index is 12.1. The standard InChI is InChI=1S/C12H11ClN2O3/c1-7-4-8(2-3-9(7)13)12(18)15-5-10(16)14-11(17)6-15/h2-4H,5-6H2,1H3,(H,14,16,17). The van der Waals surface area contributed by atoms with Crippen molar-refractivity contribution in [3.8, 4) is 0 Å². The molecule has 6 heteroatoms. The van der Waals surface area contributed by atoms with Crippen molar-refractivity contribution in [2.45, 2.75) is 6.92 Å². The largest absolute Gasteiger partial charge is 0.320 e. The van der Waals surface area contributed by atoms with Crippen LogP contribution in [-0.2, 0) is 9.59 Å². The van der Waals surface area contributed by atoms with E-state index < -0.39 is 11.8 Å². The van der Waals surface area contributed by atoms with Gasteiger partial charge in [-0.1, -0.05) is 11.6 Å². The quantitative estimate of drug-likeness (QED) is 0.763. The number of nitrogens with one attached hydrogen (secondary N) is 1. The van der Waals surface area contributed by atoms with E-state index in [1.807, 2.05) is 0 Å². The molecule has 1 fully saturated rings. The lowest BCUT2D eigenvalue weighted by Crippen LogP contribution is -2.53. The van der Waals surface area contributed by atoms with Crippen molar-refractivity contribution in [1.29, 1.82) is 0 Å². The normalized spacial score (nSPS) is 15.6. The van der Waals surface area contributed by atoms with Gasteiger partial charge in [0, 0.05) is 10.6 Å². The number of rotatable bonds is 1. The number of nitrogens with zero attached hydrogens (tertiary/aromatic N) is 1. The summed E-state index contributed by atoms with van der Waals surface area (Å²) in [6.45, 7) is 1.58. The Bertz CT molecular complexity index is 526. The first-order valence-corrected chi connectivity index (χ1v) is 5.73. The van der Waals surface area contributed by atoms with Crippen molar-refractivity contribution in [2.75, 3.05) is 13.1 Å². The van der Waals surface area contributed by atoms with Gasteiger partial charge in [-0.25, -0.2) is 0 Å². The fourth-order valence-corrected chi connectivity index (χ4v) is 1.86. The van der Waals surface area contributed by atoms with E-state index >= 15 is 0 Å². The first kappa shape index (κ1) is 12.6. The first-order chi connectivity index (χ1) is 8.47. The Morgan fingerprint density at radius 1 is 1.28 bits per heavy atom. The summed E-state index contributed by atoms with van der Waals surface area (Å²) in [4.78, 5) is 35.7. The third kappa shape index (κ3) is 2.51. The molecule has 1 aliphatic rings. The van der Waals surface area contributed by atoms with Crippen LogP contribution in [-0.4, -0.2) is 35.7 Å². The minimum atomic E-state index is -0.467. The van der Waals surface area contributed by atoms with Crippen molar-refractivity contribution in [1.82, 2.24) is 10.2 Å². The number of imide groups is 1. The van der Waals surface area contributed by atoms with Crippen LogP contribution in [0.5, 0.6) is 0 Å². The predicted octanol–water partition coefficient (Wildman–Crippen LogP) is 0.747. The molecule has 0 aromatic heterocycles. The molecule has 18 heavy (non-hydrogen) atoms. The van der Waals surface area contributed by atoms with E-state index in [2.05, 4.69) is 5.32 Å². The van der Waals surface area contributed by atoms with Gasteiger partial charge in [0.05, 0.1) is 0 Å². The summed E-state index contributed by atoms with van der Waals surface area (Å²) in [5, 5.41) is 2.71. The maximum absolute atomic E-state index is 12.1. The predicted molar refractivity (Wildman–Crippen MR) is 65.2 cm³/mol. The van der Waals surface area contributed by atoms with E-state index in [0.29, 0.717) is 10.6 Å². The minimum absolute atomic E-state index is 0.105. The van der Waals surface area contributed by atoms with Gasteiger partial charge in [-0.05, 0) is 30.7 Å². The highest BCUT2D eigenvalue weighted by molar-refractivity contribution is 6.31. The molecule has 1 heterocycles.